The van der Waals surface area contributed by atoms with Gasteiger partial charge in [-0.1, -0.05) is 48.5 Å². The van der Waals surface area contributed by atoms with Crippen molar-refractivity contribution in [3.05, 3.63) is 65.7 Å². The van der Waals surface area contributed by atoms with Crippen molar-refractivity contribution >= 4 is 5.69 Å². The van der Waals surface area contributed by atoms with Crippen LogP contribution in [0.15, 0.2) is 54.6 Å². The first-order valence-corrected chi connectivity index (χ1v) is 5.49. The highest BCUT2D eigenvalue weighted by molar-refractivity contribution is 5.58. The van der Waals surface area contributed by atoms with E-state index in [-0.39, 0.29) is 0 Å². The average Bonchev–Trinajstić information content (AvgIpc) is 2.66. The third-order valence-electron chi connectivity index (χ3n) is 3.05. The lowest BCUT2D eigenvalue weighted by Gasteiger charge is -2.20. The average molecular weight is 210 g/mol. The van der Waals surface area contributed by atoms with Crippen LogP contribution in [0.3, 0.4) is 0 Å². The highest BCUT2D eigenvalue weighted by atomic mass is 15.5. The van der Waals surface area contributed by atoms with Crippen LogP contribution in [0.1, 0.15) is 17.2 Å². The monoisotopic (exact) mass is 210 g/mol. The Morgan fingerprint density at radius 3 is 2.44 bits per heavy atom. The lowest BCUT2D eigenvalue weighted by Crippen LogP contribution is -2.23. The van der Waals surface area contributed by atoms with E-state index in [1.54, 1.807) is 0 Å². The fourth-order valence-electron chi connectivity index (χ4n) is 2.34. The van der Waals surface area contributed by atoms with Crippen LogP contribution >= 0.6 is 0 Å². The Balaban J connectivity index is 2.09. The Labute approximate surface area is 95.5 Å². The van der Waals surface area contributed by atoms with E-state index in [0.29, 0.717) is 6.04 Å². The van der Waals surface area contributed by atoms with E-state index in [1.165, 1.54) is 16.8 Å². The SMILES string of the molecule is CN1Nc2ccccc2C1c1ccccc1. The molecular formula is C14H14N2. The van der Waals surface area contributed by atoms with Gasteiger partial charge in [-0.3, -0.25) is 0 Å². The molecule has 2 aromatic carbocycles. The summed E-state index contributed by atoms with van der Waals surface area (Å²) in [7, 11) is 2.08. The molecule has 2 nitrogen and oxygen atoms in total. The van der Waals surface area contributed by atoms with Crippen molar-refractivity contribution in [1.29, 1.82) is 0 Å². The molecule has 3 rings (SSSR count). The number of hydrazine groups is 1. The highest BCUT2D eigenvalue weighted by Crippen LogP contribution is 2.37. The van der Waals surface area contributed by atoms with Crippen LogP contribution in [0.2, 0.25) is 0 Å². The van der Waals surface area contributed by atoms with E-state index in [4.69, 9.17) is 0 Å². The lowest BCUT2D eigenvalue weighted by molar-refractivity contribution is 0.363. The summed E-state index contributed by atoms with van der Waals surface area (Å²) in [6.07, 6.45) is 0. The maximum atomic E-state index is 3.38. The zero-order valence-electron chi connectivity index (χ0n) is 9.22. The molecule has 1 heterocycles. The number of rotatable bonds is 1. The van der Waals surface area contributed by atoms with Crippen LogP contribution in [-0.4, -0.2) is 12.1 Å². The number of benzene rings is 2. The quantitative estimate of drug-likeness (QED) is 0.778. The molecule has 80 valence electrons. The molecule has 0 aromatic heterocycles. The largest absolute Gasteiger partial charge is 0.318 e. The number of nitrogens with zero attached hydrogens (tertiary/aromatic N) is 1. The van der Waals surface area contributed by atoms with Crippen LogP contribution < -0.4 is 5.43 Å². The van der Waals surface area contributed by atoms with Gasteiger partial charge in [-0.05, 0) is 11.6 Å². The molecular weight excluding hydrogens is 196 g/mol. The van der Waals surface area contributed by atoms with Crippen LogP contribution in [-0.2, 0) is 0 Å². The van der Waals surface area contributed by atoms with Crippen LogP contribution in [0, 0.1) is 0 Å². The summed E-state index contributed by atoms with van der Waals surface area (Å²) in [6, 6.07) is 19.3. The molecule has 0 saturated heterocycles. The van der Waals surface area contributed by atoms with Crippen molar-refractivity contribution in [2.75, 3.05) is 12.5 Å². The smallest absolute Gasteiger partial charge is 0.0807 e. The third kappa shape index (κ3) is 1.39. The summed E-state index contributed by atoms with van der Waals surface area (Å²) in [6.45, 7) is 0. The molecule has 16 heavy (non-hydrogen) atoms. The highest BCUT2D eigenvalue weighted by Gasteiger charge is 2.27. The number of hydrogen-bond acceptors (Lipinski definition) is 2. The summed E-state index contributed by atoms with van der Waals surface area (Å²) in [4.78, 5) is 0. The molecule has 2 heteroatoms. The van der Waals surface area contributed by atoms with Gasteiger partial charge >= 0.3 is 0 Å². The third-order valence-corrected chi connectivity index (χ3v) is 3.05. The molecule has 0 aliphatic carbocycles. The van der Waals surface area contributed by atoms with E-state index in [9.17, 15) is 0 Å². The van der Waals surface area contributed by atoms with Crippen LogP contribution in [0.5, 0.6) is 0 Å². The van der Waals surface area contributed by atoms with Crippen molar-refractivity contribution in [1.82, 2.24) is 5.01 Å². The fourth-order valence-corrected chi connectivity index (χ4v) is 2.34. The minimum absolute atomic E-state index is 0.317. The molecule has 0 amide bonds. The first kappa shape index (κ1) is 9.43. The summed E-state index contributed by atoms with van der Waals surface area (Å²) in [5.74, 6) is 0. The number of hydrogen-bond donors (Lipinski definition) is 1. The minimum atomic E-state index is 0.317. The number of anilines is 1. The maximum absolute atomic E-state index is 3.38. The Bertz CT molecular complexity index is 493. The van der Waals surface area contributed by atoms with Gasteiger partial charge in [-0.25, -0.2) is 5.01 Å². The maximum Gasteiger partial charge on any atom is 0.0807 e. The molecule has 1 aliphatic heterocycles. The first-order chi connectivity index (χ1) is 7.86. The van der Waals surface area contributed by atoms with E-state index < -0.39 is 0 Å². The predicted octanol–water partition coefficient (Wildman–Crippen LogP) is 3.05. The molecule has 2 aromatic rings. The van der Waals surface area contributed by atoms with Crippen molar-refractivity contribution in [2.24, 2.45) is 0 Å². The first-order valence-electron chi connectivity index (χ1n) is 5.49. The second-order valence-corrected chi connectivity index (χ2v) is 4.12. The summed E-state index contributed by atoms with van der Waals surface area (Å²) < 4.78 is 0. The molecule has 0 saturated carbocycles. The van der Waals surface area contributed by atoms with E-state index in [1.807, 2.05) is 0 Å². The molecule has 0 spiro atoms. The van der Waals surface area contributed by atoms with Crippen LogP contribution in [0.4, 0.5) is 5.69 Å². The van der Waals surface area contributed by atoms with E-state index in [0.717, 1.165) is 0 Å². The summed E-state index contributed by atoms with van der Waals surface area (Å²) >= 11 is 0. The molecule has 1 unspecified atom stereocenters. The zero-order valence-corrected chi connectivity index (χ0v) is 9.22. The Morgan fingerprint density at radius 1 is 0.938 bits per heavy atom. The van der Waals surface area contributed by atoms with E-state index >= 15 is 0 Å². The van der Waals surface area contributed by atoms with Gasteiger partial charge in [0.05, 0.1) is 11.7 Å². The molecule has 0 radical (unpaired) electrons. The molecule has 1 aliphatic rings. The Morgan fingerprint density at radius 2 is 1.62 bits per heavy atom. The molecule has 1 atom stereocenters. The minimum Gasteiger partial charge on any atom is -0.318 e. The molecule has 0 bridgehead atoms. The van der Waals surface area contributed by atoms with E-state index in [2.05, 4.69) is 72.1 Å². The normalized spacial score (nSPS) is 19.2. The number of para-hydroxylation sites is 1. The van der Waals surface area contributed by atoms with Gasteiger partial charge in [-0.15, -0.1) is 0 Å². The van der Waals surface area contributed by atoms with Gasteiger partial charge in [0, 0.05) is 12.6 Å². The second-order valence-electron chi connectivity index (χ2n) is 4.12. The Hall–Kier alpha value is -1.80. The summed E-state index contributed by atoms with van der Waals surface area (Å²) in [5.41, 5.74) is 7.25. The van der Waals surface area contributed by atoms with Gasteiger partial charge in [0.2, 0.25) is 0 Å². The van der Waals surface area contributed by atoms with Gasteiger partial charge in [0.25, 0.3) is 0 Å². The number of fused-ring (bicyclic) bond motifs is 1. The van der Waals surface area contributed by atoms with Crippen molar-refractivity contribution in [3.8, 4) is 0 Å². The van der Waals surface area contributed by atoms with Crippen molar-refractivity contribution in [3.63, 3.8) is 0 Å². The molecule has 0 fully saturated rings. The zero-order chi connectivity index (χ0) is 11.0. The van der Waals surface area contributed by atoms with Crippen molar-refractivity contribution < 1.29 is 0 Å². The van der Waals surface area contributed by atoms with Gasteiger partial charge in [0.1, 0.15) is 0 Å². The topological polar surface area (TPSA) is 15.3 Å². The Kier molecular flexibility index (Phi) is 2.15. The lowest BCUT2D eigenvalue weighted by atomic mass is 9.99. The van der Waals surface area contributed by atoms with Crippen molar-refractivity contribution in [2.45, 2.75) is 6.04 Å². The summed E-state index contributed by atoms with van der Waals surface area (Å²) in [5, 5.41) is 2.15. The standard InChI is InChI=1S/C14H14N2/c1-16-14(11-7-3-2-4-8-11)12-9-5-6-10-13(12)15-16/h2-10,14-15H,1H3. The fraction of sp³-hybridized carbons (Fsp3) is 0.143. The molecule has 1 N–H and O–H groups in total. The second kappa shape index (κ2) is 3.65. The van der Waals surface area contributed by atoms with Crippen LogP contribution in [0.25, 0.3) is 0 Å². The predicted molar refractivity (Wildman–Crippen MR) is 66.1 cm³/mol. The number of nitrogens with one attached hydrogen (secondary N) is 1. The van der Waals surface area contributed by atoms with Gasteiger partial charge in [-0.2, -0.15) is 0 Å². The van der Waals surface area contributed by atoms with Gasteiger partial charge in [0.15, 0.2) is 0 Å². The van der Waals surface area contributed by atoms with Gasteiger partial charge < -0.3 is 5.43 Å².